The molecule has 0 saturated carbocycles. The highest BCUT2D eigenvalue weighted by molar-refractivity contribution is 6.01. The van der Waals surface area contributed by atoms with E-state index in [1.54, 1.807) is 73.8 Å². The zero-order valence-electron chi connectivity index (χ0n) is 82.3. The number of Topliss-reactive ketones (excluding diaryl/α,β-unsaturated/α-hetero) is 1. The van der Waals surface area contributed by atoms with Crippen molar-refractivity contribution in [2.24, 2.45) is 22.2 Å². The third kappa shape index (κ3) is 45.4. The number of aliphatic hydroxyl groups is 2. The van der Waals surface area contributed by atoms with E-state index in [0.29, 0.717) is 34.9 Å². The highest BCUT2D eigenvalue weighted by Gasteiger charge is 2.45. The molecule has 49 nitrogen and oxygen atoms in total. The van der Waals surface area contributed by atoms with Crippen molar-refractivity contribution in [3.05, 3.63) is 89.5 Å². The van der Waals surface area contributed by atoms with Gasteiger partial charge in [0.05, 0.1) is 52.2 Å². The third-order valence-electron chi connectivity index (χ3n) is 24.6. The van der Waals surface area contributed by atoms with Crippen LogP contribution in [0.4, 0.5) is 0 Å². The number of aliphatic imine (C=N–C) groups is 1. The van der Waals surface area contributed by atoms with Gasteiger partial charge in [-0.25, -0.2) is 5.10 Å². The predicted molar refractivity (Wildman–Crippen MR) is 526 cm³/mol. The smallest absolute Gasteiger partial charge is 0.317 e. The molecule has 5 heterocycles. The number of nitrogens with two attached hydrogens (primary N) is 3. The first kappa shape index (κ1) is 118. The van der Waals surface area contributed by atoms with Crippen LogP contribution in [-0.2, 0) is 115 Å². The van der Waals surface area contributed by atoms with Crippen molar-refractivity contribution in [3.8, 4) is 0 Å². The number of para-hydroxylation sites is 1. The Morgan fingerprint density at radius 1 is 0.593 bits per heavy atom. The van der Waals surface area contributed by atoms with Crippen LogP contribution in [0.25, 0.3) is 10.9 Å². The minimum atomic E-state index is -2.08. The number of aliphatic hydroxyl groups excluding tert-OH is 2. The van der Waals surface area contributed by atoms with E-state index in [2.05, 4.69) is 99.7 Å². The number of hydrogen-bond acceptors (Lipinski definition) is 28. The van der Waals surface area contributed by atoms with Crippen molar-refractivity contribution in [2.75, 3.05) is 78.8 Å². The van der Waals surface area contributed by atoms with E-state index in [-0.39, 0.29) is 122 Å². The lowest BCUT2D eigenvalue weighted by molar-refractivity contribution is -0.144. The van der Waals surface area contributed by atoms with Crippen LogP contribution in [0.1, 0.15) is 223 Å². The number of carboxylic acid groups (broad SMARTS) is 2. The number of aliphatic carboxylic acids is 2. The summed E-state index contributed by atoms with van der Waals surface area (Å²) in [6.07, 6.45) is 16.5. The molecular weight excluding hydrogens is 1890 g/mol. The number of nitrogens with zero attached hydrogens (tertiary/aromatic N) is 6. The molecule has 3 aliphatic rings. The van der Waals surface area contributed by atoms with Crippen LogP contribution in [0.3, 0.4) is 0 Å². The Balaban J connectivity index is 1.02. The van der Waals surface area contributed by atoms with Crippen LogP contribution >= 0.6 is 0 Å². The fourth-order valence-electron chi connectivity index (χ4n) is 16.8. The van der Waals surface area contributed by atoms with Gasteiger partial charge < -0.3 is 126 Å². The maximum atomic E-state index is 15.5. The molecule has 2 saturated heterocycles. The molecule has 2 aromatic heterocycles. The number of primary amides is 2. The Kier molecular flexibility index (Phi) is 53.3. The van der Waals surface area contributed by atoms with E-state index in [0.717, 1.165) is 54.1 Å². The molecule has 26 N–H and O–H groups in total. The minimum absolute atomic E-state index is 0.0258. The van der Waals surface area contributed by atoms with Gasteiger partial charge in [-0.2, -0.15) is 0 Å². The molecular formula is C96H145N25O24. The minimum Gasteiger partial charge on any atom is -0.480 e. The van der Waals surface area contributed by atoms with Crippen molar-refractivity contribution >= 4 is 129 Å². The number of H-pyrrole nitrogens is 2. The van der Waals surface area contributed by atoms with E-state index in [1.165, 1.54) is 57.6 Å². The number of ether oxygens (including phenoxy) is 2. The van der Waals surface area contributed by atoms with E-state index in [1.807, 2.05) is 0 Å². The lowest BCUT2D eigenvalue weighted by Gasteiger charge is -2.31. The maximum absolute atomic E-state index is 15.5. The first-order chi connectivity index (χ1) is 69.7. The molecule has 0 spiro atoms. The molecule has 798 valence electrons. The summed E-state index contributed by atoms with van der Waals surface area (Å²) in [5.41, 5.74) is 18.9. The van der Waals surface area contributed by atoms with Crippen LogP contribution in [0.15, 0.2) is 77.6 Å². The van der Waals surface area contributed by atoms with Crippen LogP contribution < -0.4 is 86.3 Å². The molecule has 3 aliphatic heterocycles. The van der Waals surface area contributed by atoms with E-state index >= 15 is 28.8 Å². The Bertz CT molecular complexity index is 4950. The van der Waals surface area contributed by atoms with Crippen molar-refractivity contribution in [3.63, 3.8) is 0 Å². The van der Waals surface area contributed by atoms with Gasteiger partial charge in [-0.3, -0.25) is 102 Å². The van der Waals surface area contributed by atoms with Crippen LogP contribution in [0, 0.1) is 5.41 Å². The molecule has 0 aliphatic carbocycles. The molecule has 7 rings (SSSR count). The first-order valence-electron chi connectivity index (χ1n) is 49.8. The quantitative estimate of drug-likeness (QED) is 0.0129. The molecule has 49 heteroatoms. The first-order valence-corrected chi connectivity index (χ1v) is 49.8. The number of aryl methyl sites for hydroxylation is 1. The van der Waals surface area contributed by atoms with Gasteiger partial charge in [0.2, 0.25) is 88.6 Å². The SMILES string of the molecule is CCCC[C@H](NC(=O)[C@H](CN(CC(=O)O)CC(=O)O)NC(=O)[C@H](CC1=CCC=N1)NC(=O)[C@H](CCC(N)=O)NC(=O)[C@H](CO)NC(=O)CNC(=O)COCCOCCNC(=O)CCCCCCCCCCCCCCCc1nnn[nH]1)C(=O)N[C@H]1CCC(=O)CCCCC[C@@H](C(N)=O)NC(=O)[C@H](Cc2c[nH]c3ccccc23)NC(=O)[C@H](CCCNC(=N)N)NC(=O)[C@@H](Cc2ccccc2)NC(=O)[C@@H]2C[C@@H](O)CN2C1=O. The highest BCUT2D eigenvalue weighted by atomic mass is 16.5. The summed E-state index contributed by atoms with van der Waals surface area (Å²) >= 11 is 0. The van der Waals surface area contributed by atoms with Crippen molar-refractivity contribution < 1.29 is 116 Å². The van der Waals surface area contributed by atoms with E-state index in [9.17, 15) is 78.0 Å². The van der Waals surface area contributed by atoms with Gasteiger partial charge in [-0.05, 0) is 85.4 Å². The Morgan fingerprint density at radius 3 is 1.86 bits per heavy atom. The summed E-state index contributed by atoms with van der Waals surface area (Å²) in [5, 5.41) is 97.5. The zero-order chi connectivity index (χ0) is 105. The summed E-state index contributed by atoms with van der Waals surface area (Å²) in [6, 6.07) is -3.09. The van der Waals surface area contributed by atoms with Gasteiger partial charge in [0.15, 0.2) is 5.96 Å². The summed E-state index contributed by atoms with van der Waals surface area (Å²) in [5.74, 6) is -17.9. The van der Waals surface area contributed by atoms with Gasteiger partial charge in [0.1, 0.15) is 84.7 Å². The molecule has 2 aromatic carbocycles. The van der Waals surface area contributed by atoms with Crippen LogP contribution in [0.5, 0.6) is 0 Å². The number of aromatic nitrogens is 5. The highest BCUT2D eigenvalue weighted by Crippen LogP contribution is 2.25. The number of tetrazole rings is 1. The molecule has 145 heavy (non-hydrogen) atoms. The molecule has 12 atom stereocenters. The molecule has 4 aromatic rings. The predicted octanol–water partition coefficient (Wildman–Crippen LogP) is -2.02. The third-order valence-corrected chi connectivity index (χ3v) is 24.6. The number of carbonyl (C=O) groups is 18. The summed E-state index contributed by atoms with van der Waals surface area (Å²) in [6.45, 7) is -3.86. The number of amides is 15. The van der Waals surface area contributed by atoms with Gasteiger partial charge in [0.25, 0.3) is 0 Å². The lowest BCUT2D eigenvalue weighted by atomic mass is 10.00. The largest absolute Gasteiger partial charge is 0.480 e. The maximum Gasteiger partial charge on any atom is 0.317 e. The lowest BCUT2D eigenvalue weighted by Crippen LogP contribution is -2.62. The number of fused-ring (bicyclic) bond motifs is 2. The van der Waals surface area contributed by atoms with E-state index < -0.39 is 263 Å². The van der Waals surface area contributed by atoms with Crippen molar-refractivity contribution in [1.29, 1.82) is 5.41 Å². The molecule has 15 amide bonds. The number of aromatic amines is 2. The second-order valence-electron chi connectivity index (χ2n) is 36.4. The fraction of sp³-hybridized carbons (Fsp3) is 0.615. The number of rotatable bonds is 61. The van der Waals surface area contributed by atoms with Crippen LogP contribution in [0.2, 0.25) is 0 Å². The van der Waals surface area contributed by atoms with E-state index in [4.69, 9.17) is 32.1 Å². The van der Waals surface area contributed by atoms with Gasteiger partial charge in [-0.1, -0.05) is 158 Å². The van der Waals surface area contributed by atoms with Gasteiger partial charge in [0, 0.05) is 119 Å². The number of guanidine groups is 1. The molecule has 2 fully saturated rings. The molecule has 0 bridgehead atoms. The Morgan fingerprint density at radius 2 is 1.21 bits per heavy atom. The number of nitrogens with one attached hydrogen (secondary N) is 16. The summed E-state index contributed by atoms with van der Waals surface area (Å²) in [4.78, 5) is 261. The Hall–Kier alpha value is -13.8. The average molecular weight is 2030 g/mol. The number of hydrogen-bond donors (Lipinski definition) is 23. The number of benzene rings is 2. The number of allylic oxidation sites excluding steroid dienone is 1. The molecule has 0 unspecified atom stereocenters. The normalized spacial score (nSPS) is 18.8. The number of carbonyl (C=O) groups excluding carboxylic acids is 16. The van der Waals surface area contributed by atoms with Crippen molar-refractivity contribution in [1.82, 2.24) is 105 Å². The van der Waals surface area contributed by atoms with Gasteiger partial charge >= 0.3 is 11.9 Å². The van der Waals surface area contributed by atoms with Crippen LogP contribution in [-0.4, -0.2) is 326 Å². The fourth-order valence-corrected chi connectivity index (χ4v) is 16.8. The topological polar surface area (TPSA) is 754 Å². The second kappa shape index (κ2) is 65.5. The van der Waals surface area contributed by atoms with Gasteiger partial charge in [-0.15, -0.1) is 5.10 Å². The second-order valence-corrected chi connectivity index (χ2v) is 36.4. The number of ketones is 1. The van der Waals surface area contributed by atoms with Crippen molar-refractivity contribution in [2.45, 2.75) is 298 Å². The number of unbranched alkanes of at least 4 members (excludes halogenated alkanes) is 13. The molecule has 0 radical (unpaired) electrons. The summed E-state index contributed by atoms with van der Waals surface area (Å²) < 4.78 is 10.9. The monoisotopic (exact) mass is 2030 g/mol. The standard InChI is InChI=1S/C96H145N25O24/c1-2-3-32-68(86(134)111-71-39-38-63(123)30-19-16-20-34-67(85(98)133)107-90(138)73(49-61-52-104-66-33-24-23-31-65(61)66)112-87(135)69(35-26-43-103-96(99)100)108-89(137)72(48-60-27-17-15-18-28-60)114-94(142)77-51-64(124)54-121(77)95(71)143)109-92(140)75(55-120(56-83(129)130)57-84(131)132)115-91(139)74(50-62-29-25-42-101-62)113-88(136)70(40-41-78(97)125)110-93(141)76(58-122)106-81(127)53-105-82(128)59-145-47-46-144-45-44-102-80(126)37-22-14-12-10-8-6-4-5-7-9-11-13-21-36-79-116-118-119-117-79/h15,17-18,23-24,27-29,31,33,42,52,64,67-77,104,122,124H,2-14,16,19-22,25-26,30,32,34-41,43-51,53-59H2,1H3,(H2,97,125)(H2,98,133)(H,102,126)(H,105,128)(H,106,127)(H,107,138)(H,108,137)(H,109,140)(H,110,141)(H,111,134)(H,112,135)(H,113,136)(H,114,142)(H,115,139)(H,129,130)(H,131,132)(H4,99,100,103)(H,116,117,118,119)/t64-,67+,68+,69+,70+,71+,72-,73+,74+,75+,76+,77+/m1/s1. The summed E-state index contributed by atoms with van der Waals surface area (Å²) in [7, 11) is 0. The zero-order valence-corrected chi connectivity index (χ0v) is 82.3. The average Bonchev–Trinajstić information content (AvgIpc) is 1.67. The Labute approximate surface area is 840 Å². The number of carboxylic acids is 2.